The molecular formula is C22H23N3O3. The monoisotopic (exact) mass is 377 g/mol. The van der Waals surface area contributed by atoms with E-state index in [-0.39, 0.29) is 0 Å². The highest BCUT2D eigenvalue weighted by Gasteiger charge is 2.21. The summed E-state index contributed by atoms with van der Waals surface area (Å²) in [7, 11) is 2.04. The van der Waals surface area contributed by atoms with Crippen LogP contribution in [0.4, 0.5) is 5.82 Å². The molecule has 0 spiro atoms. The third-order valence-electron chi connectivity index (χ3n) is 5.00. The molecule has 1 aliphatic rings. The fourth-order valence-electron chi connectivity index (χ4n) is 3.65. The molecule has 2 heterocycles. The van der Waals surface area contributed by atoms with Crippen molar-refractivity contribution in [2.75, 3.05) is 31.2 Å². The number of oxime groups is 1. The molecule has 0 saturated carbocycles. The van der Waals surface area contributed by atoms with Crippen LogP contribution in [0.25, 0.3) is 10.9 Å². The molecule has 144 valence electrons. The van der Waals surface area contributed by atoms with Crippen molar-refractivity contribution in [1.29, 1.82) is 0 Å². The Balaban J connectivity index is 1.65. The minimum Gasteiger partial charge on any atom is -0.378 e. The zero-order valence-electron chi connectivity index (χ0n) is 16.1. The van der Waals surface area contributed by atoms with E-state index in [9.17, 15) is 4.79 Å². The normalized spacial score (nSPS) is 14.7. The van der Waals surface area contributed by atoms with Gasteiger partial charge in [0.15, 0.2) is 0 Å². The van der Waals surface area contributed by atoms with Crippen LogP contribution in [0, 0.1) is 6.92 Å². The number of nitrogens with zero attached hydrogens (tertiary/aromatic N) is 3. The van der Waals surface area contributed by atoms with Crippen LogP contribution in [-0.4, -0.2) is 43.1 Å². The van der Waals surface area contributed by atoms with Crippen molar-refractivity contribution in [1.82, 2.24) is 4.57 Å². The first-order valence-corrected chi connectivity index (χ1v) is 9.36. The van der Waals surface area contributed by atoms with Crippen molar-refractivity contribution in [3.63, 3.8) is 0 Å². The number of hydrogen-bond donors (Lipinski definition) is 0. The van der Waals surface area contributed by atoms with E-state index in [1.165, 1.54) is 0 Å². The molecule has 28 heavy (non-hydrogen) atoms. The Labute approximate surface area is 164 Å². The Morgan fingerprint density at radius 1 is 1.14 bits per heavy atom. The van der Waals surface area contributed by atoms with Gasteiger partial charge in [-0.3, -0.25) is 0 Å². The molecule has 0 N–H and O–H groups in total. The minimum atomic E-state index is -0.465. The smallest absolute Gasteiger partial charge is 0.365 e. The van der Waals surface area contributed by atoms with Crippen LogP contribution >= 0.6 is 0 Å². The third kappa shape index (κ3) is 3.51. The van der Waals surface area contributed by atoms with Crippen molar-refractivity contribution in [2.24, 2.45) is 12.2 Å². The van der Waals surface area contributed by atoms with Crippen molar-refractivity contribution in [3.8, 4) is 0 Å². The van der Waals surface area contributed by atoms with Crippen LogP contribution in [0.5, 0.6) is 0 Å². The molecule has 1 fully saturated rings. The lowest BCUT2D eigenvalue weighted by Gasteiger charge is -2.29. The van der Waals surface area contributed by atoms with E-state index in [0.29, 0.717) is 18.8 Å². The largest absolute Gasteiger partial charge is 0.378 e. The maximum atomic E-state index is 12.3. The number of hydrogen-bond acceptors (Lipinski definition) is 5. The number of fused-ring (bicyclic) bond motifs is 1. The van der Waals surface area contributed by atoms with Gasteiger partial charge in [0.1, 0.15) is 5.82 Å². The van der Waals surface area contributed by atoms with E-state index < -0.39 is 5.97 Å². The molecule has 0 atom stereocenters. The molecule has 0 bridgehead atoms. The fraction of sp³-hybridized carbons (Fsp3) is 0.273. The van der Waals surface area contributed by atoms with Gasteiger partial charge in [-0.1, -0.05) is 41.1 Å². The lowest BCUT2D eigenvalue weighted by molar-refractivity contribution is 0.0519. The Kier molecular flexibility index (Phi) is 5.12. The van der Waals surface area contributed by atoms with Gasteiger partial charge in [-0.15, -0.1) is 0 Å². The molecule has 0 radical (unpaired) electrons. The number of para-hydroxylation sites is 1. The second-order valence-electron chi connectivity index (χ2n) is 6.90. The Hall–Kier alpha value is -3.12. The minimum absolute atomic E-state index is 0.465. The molecule has 0 aliphatic carbocycles. The van der Waals surface area contributed by atoms with Gasteiger partial charge in [0.05, 0.1) is 30.5 Å². The number of rotatable bonds is 4. The zero-order chi connectivity index (χ0) is 19.5. The number of carbonyl (C=O) groups is 1. The van der Waals surface area contributed by atoms with E-state index in [2.05, 4.69) is 26.8 Å². The summed E-state index contributed by atoms with van der Waals surface area (Å²) in [6.45, 7) is 4.95. The van der Waals surface area contributed by atoms with Gasteiger partial charge in [0.25, 0.3) is 0 Å². The molecule has 6 nitrogen and oxygen atoms in total. The molecule has 3 aromatic rings. The first-order valence-electron chi connectivity index (χ1n) is 9.36. The number of ether oxygens (including phenoxy) is 1. The van der Waals surface area contributed by atoms with E-state index >= 15 is 0 Å². The maximum Gasteiger partial charge on any atom is 0.365 e. The molecule has 0 unspecified atom stereocenters. The average Bonchev–Trinajstić information content (AvgIpc) is 3.01. The number of benzene rings is 2. The molecular weight excluding hydrogens is 354 g/mol. The van der Waals surface area contributed by atoms with Gasteiger partial charge in [-0.05, 0) is 25.1 Å². The van der Waals surface area contributed by atoms with E-state index in [4.69, 9.17) is 9.57 Å². The first kappa shape index (κ1) is 18.3. The van der Waals surface area contributed by atoms with Gasteiger partial charge >= 0.3 is 5.97 Å². The van der Waals surface area contributed by atoms with Crippen LogP contribution in [0.3, 0.4) is 0 Å². The second kappa shape index (κ2) is 7.86. The summed E-state index contributed by atoms with van der Waals surface area (Å²) in [5, 5.41) is 5.09. The van der Waals surface area contributed by atoms with E-state index in [1.807, 2.05) is 38.2 Å². The summed E-state index contributed by atoms with van der Waals surface area (Å²) in [4.78, 5) is 19.7. The zero-order valence-corrected chi connectivity index (χ0v) is 16.1. The number of carbonyl (C=O) groups excluding carboxylic acids is 1. The Bertz CT molecular complexity index is 1030. The van der Waals surface area contributed by atoms with Crippen molar-refractivity contribution < 1.29 is 14.4 Å². The fourth-order valence-corrected chi connectivity index (χ4v) is 3.65. The molecule has 0 amide bonds. The number of aryl methyl sites for hydroxylation is 2. The van der Waals surface area contributed by atoms with Crippen molar-refractivity contribution >= 4 is 28.9 Å². The summed E-state index contributed by atoms with van der Waals surface area (Å²) in [6, 6.07) is 15.4. The predicted molar refractivity (Wildman–Crippen MR) is 110 cm³/mol. The van der Waals surface area contributed by atoms with Gasteiger partial charge in [0, 0.05) is 31.1 Å². The lowest BCUT2D eigenvalue weighted by atomic mass is 10.1. The third-order valence-corrected chi connectivity index (χ3v) is 5.00. The van der Waals surface area contributed by atoms with Gasteiger partial charge in [-0.2, -0.15) is 0 Å². The van der Waals surface area contributed by atoms with Crippen LogP contribution in [0.15, 0.2) is 53.7 Å². The lowest BCUT2D eigenvalue weighted by Crippen LogP contribution is -2.37. The van der Waals surface area contributed by atoms with Crippen LogP contribution in [0.2, 0.25) is 0 Å². The Morgan fingerprint density at radius 3 is 2.71 bits per heavy atom. The number of aromatic nitrogens is 1. The quantitative estimate of drug-likeness (QED) is 0.397. The summed E-state index contributed by atoms with van der Waals surface area (Å²) in [5.74, 6) is 0.591. The average molecular weight is 377 g/mol. The highest BCUT2D eigenvalue weighted by molar-refractivity contribution is 6.05. The van der Waals surface area contributed by atoms with Crippen LogP contribution < -0.4 is 4.90 Å². The SMILES string of the molecule is Cc1cccc(C(=O)O/N=C/c2c(N3CCOCC3)n(C)c3ccccc23)c1. The number of morpholine rings is 1. The molecule has 6 heteroatoms. The first-order chi connectivity index (χ1) is 13.6. The summed E-state index contributed by atoms with van der Waals surface area (Å²) in [5.41, 5.74) is 3.54. The van der Waals surface area contributed by atoms with Gasteiger partial charge < -0.3 is 19.0 Å². The van der Waals surface area contributed by atoms with Crippen molar-refractivity contribution in [2.45, 2.75) is 6.92 Å². The second-order valence-corrected chi connectivity index (χ2v) is 6.90. The highest BCUT2D eigenvalue weighted by atomic mass is 16.7. The van der Waals surface area contributed by atoms with Crippen molar-refractivity contribution in [3.05, 3.63) is 65.2 Å². The van der Waals surface area contributed by atoms with Crippen LogP contribution in [0.1, 0.15) is 21.5 Å². The molecule has 1 aliphatic heterocycles. The van der Waals surface area contributed by atoms with E-state index in [1.54, 1.807) is 18.3 Å². The standard InChI is InChI=1S/C22H23N3O3/c1-16-6-5-7-17(14-16)22(26)28-23-15-19-18-8-3-4-9-20(18)24(2)21(19)25-10-12-27-13-11-25/h3-9,14-15H,10-13H2,1-2H3/b23-15+. The Morgan fingerprint density at radius 2 is 1.93 bits per heavy atom. The molecule has 4 rings (SSSR count). The topological polar surface area (TPSA) is 56.1 Å². The van der Waals surface area contributed by atoms with E-state index in [0.717, 1.165) is 40.9 Å². The maximum absolute atomic E-state index is 12.3. The molecule has 1 aromatic heterocycles. The summed E-state index contributed by atoms with van der Waals surface area (Å²) < 4.78 is 7.65. The highest BCUT2D eigenvalue weighted by Crippen LogP contribution is 2.31. The van der Waals surface area contributed by atoms with Crippen LogP contribution in [-0.2, 0) is 16.6 Å². The van der Waals surface area contributed by atoms with Gasteiger partial charge in [0.2, 0.25) is 0 Å². The molecule has 1 saturated heterocycles. The molecule has 2 aromatic carbocycles. The summed E-state index contributed by atoms with van der Waals surface area (Å²) >= 11 is 0. The number of anilines is 1. The summed E-state index contributed by atoms with van der Waals surface area (Å²) in [6.07, 6.45) is 1.64. The van der Waals surface area contributed by atoms with Gasteiger partial charge in [-0.25, -0.2) is 4.79 Å². The predicted octanol–water partition coefficient (Wildman–Crippen LogP) is 3.51.